The fraction of sp³-hybridized carbons (Fsp3) is 0.611. The second kappa shape index (κ2) is 13.0. The third-order valence-electron chi connectivity index (χ3n) is 4.30. The van der Waals surface area contributed by atoms with Gasteiger partial charge in [-0.25, -0.2) is 4.99 Å². The van der Waals surface area contributed by atoms with Gasteiger partial charge in [-0.2, -0.15) is 0 Å². The van der Waals surface area contributed by atoms with Crippen LogP contribution >= 0.6 is 47.2 Å². The summed E-state index contributed by atoms with van der Waals surface area (Å²) in [6, 6.07) is 5.52. The third kappa shape index (κ3) is 8.61. The molecule has 2 rings (SSSR count). The van der Waals surface area contributed by atoms with E-state index in [0.29, 0.717) is 16.6 Å². The number of aliphatic imine (C=N–C) groups is 1. The number of halogens is 3. The van der Waals surface area contributed by atoms with Crippen LogP contribution in [0.2, 0.25) is 10.0 Å². The lowest BCUT2D eigenvalue weighted by Crippen LogP contribution is -2.42. The van der Waals surface area contributed by atoms with Gasteiger partial charge in [0.25, 0.3) is 0 Å². The zero-order valence-electron chi connectivity index (χ0n) is 15.6. The van der Waals surface area contributed by atoms with E-state index in [1.54, 1.807) is 6.07 Å². The molecule has 1 fully saturated rings. The molecule has 0 amide bonds. The van der Waals surface area contributed by atoms with Crippen LogP contribution in [-0.2, 0) is 6.54 Å². The minimum absolute atomic E-state index is 0. The van der Waals surface area contributed by atoms with Crippen molar-refractivity contribution in [2.75, 3.05) is 52.9 Å². The third-order valence-corrected chi connectivity index (χ3v) is 4.89. The van der Waals surface area contributed by atoms with Crippen molar-refractivity contribution in [2.45, 2.75) is 19.9 Å². The molecule has 1 aliphatic rings. The average Bonchev–Trinajstić information content (AvgIpc) is 2.78. The van der Waals surface area contributed by atoms with Gasteiger partial charge in [0.15, 0.2) is 5.96 Å². The topological polar surface area (TPSA) is 42.9 Å². The van der Waals surface area contributed by atoms with E-state index in [2.05, 4.69) is 39.4 Å². The van der Waals surface area contributed by atoms with E-state index in [0.717, 1.165) is 44.2 Å². The summed E-state index contributed by atoms with van der Waals surface area (Å²) in [5.41, 5.74) is 0.971. The molecule has 2 N–H and O–H groups in total. The van der Waals surface area contributed by atoms with Gasteiger partial charge in [-0.05, 0) is 51.2 Å². The van der Waals surface area contributed by atoms with Crippen molar-refractivity contribution >= 4 is 53.1 Å². The van der Waals surface area contributed by atoms with E-state index in [4.69, 9.17) is 23.2 Å². The molecule has 0 radical (unpaired) electrons. The van der Waals surface area contributed by atoms with E-state index < -0.39 is 0 Å². The number of rotatable bonds is 6. The number of nitrogens with one attached hydrogen (secondary N) is 2. The molecule has 1 aromatic carbocycles. The maximum absolute atomic E-state index is 6.22. The highest BCUT2D eigenvalue weighted by Gasteiger charge is 2.11. The fourth-order valence-corrected chi connectivity index (χ4v) is 3.28. The SMILES string of the molecule is CCNC(=NCc1ccc(Cl)cc1Cl)NCCN1CCCN(C)CC1.I. The first-order valence-corrected chi connectivity index (χ1v) is 9.71. The number of benzene rings is 1. The summed E-state index contributed by atoms with van der Waals surface area (Å²) < 4.78 is 0. The van der Waals surface area contributed by atoms with Crippen molar-refractivity contribution in [2.24, 2.45) is 4.99 Å². The van der Waals surface area contributed by atoms with Crippen molar-refractivity contribution in [3.05, 3.63) is 33.8 Å². The zero-order valence-corrected chi connectivity index (χ0v) is 19.4. The van der Waals surface area contributed by atoms with E-state index in [1.165, 1.54) is 19.5 Å². The first kappa shape index (κ1) is 23.8. The smallest absolute Gasteiger partial charge is 0.191 e. The van der Waals surface area contributed by atoms with E-state index in [1.807, 2.05) is 12.1 Å². The van der Waals surface area contributed by atoms with Crippen LogP contribution in [0.1, 0.15) is 18.9 Å². The van der Waals surface area contributed by atoms with Gasteiger partial charge in [-0.15, -0.1) is 24.0 Å². The maximum atomic E-state index is 6.22. The highest BCUT2D eigenvalue weighted by Crippen LogP contribution is 2.21. The van der Waals surface area contributed by atoms with Crippen molar-refractivity contribution in [3.63, 3.8) is 0 Å². The fourth-order valence-electron chi connectivity index (χ4n) is 2.81. The Kier molecular flexibility index (Phi) is 11.9. The highest BCUT2D eigenvalue weighted by molar-refractivity contribution is 14.0. The predicted molar refractivity (Wildman–Crippen MR) is 123 cm³/mol. The van der Waals surface area contributed by atoms with Crippen LogP contribution in [0.3, 0.4) is 0 Å². The average molecular weight is 514 g/mol. The van der Waals surface area contributed by atoms with Crippen molar-refractivity contribution in [1.82, 2.24) is 20.4 Å². The Bertz CT molecular complexity index is 571. The van der Waals surface area contributed by atoms with Gasteiger partial charge in [0.05, 0.1) is 6.54 Å². The summed E-state index contributed by atoms with van der Waals surface area (Å²) in [4.78, 5) is 9.54. The number of likely N-dealkylation sites (N-methyl/N-ethyl adjacent to an activating group) is 1. The van der Waals surface area contributed by atoms with Crippen LogP contribution in [0, 0.1) is 0 Å². The molecule has 26 heavy (non-hydrogen) atoms. The lowest BCUT2D eigenvalue weighted by Gasteiger charge is -2.21. The van der Waals surface area contributed by atoms with E-state index in [9.17, 15) is 0 Å². The van der Waals surface area contributed by atoms with Gasteiger partial charge in [0.2, 0.25) is 0 Å². The van der Waals surface area contributed by atoms with E-state index in [-0.39, 0.29) is 24.0 Å². The molecule has 1 saturated heterocycles. The van der Waals surface area contributed by atoms with Gasteiger partial charge in [-0.3, -0.25) is 0 Å². The second-order valence-electron chi connectivity index (χ2n) is 6.36. The molecule has 148 valence electrons. The molecule has 8 heteroatoms. The number of hydrogen-bond acceptors (Lipinski definition) is 3. The first-order valence-electron chi connectivity index (χ1n) is 8.95. The maximum Gasteiger partial charge on any atom is 0.191 e. The molecule has 0 aliphatic carbocycles. The Morgan fingerprint density at radius 2 is 1.96 bits per heavy atom. The summed E-state index contributed by atoms with van der Waals surface area (Å²) in [7, 11) is 2.19. The zero-order chi connectivity index (χ0) is 18.1. The number of guanidine groups is 1. The molecule has 1 aliphatic heterocycles. The second-order valence-corrected chi connectivity index (χ2v) is 7.20. The van der Waals surface area contributed by atoms with Gasteiger partial charge < -0.3 is 20.4 Å². The van der Waals surface area contributed by atoms with Crippen molar-refractivity contribution < 1.29 is 0 Å². The van der Waals surface area contributed by atoms with Crippen LogP contribution in [-0.4, -0.2) is 68.6 Å². The molecule has 0 unspecified atom stereocenters. The van der Waals surface area contributed by atoms with Crippen molar-refractivity contribution in [1.29, 1.82) is 0 Å². The molecule has 1 heterocycles. The first-order chi connectivity index (χ1) is 12.1. The van der Waals surface area contributed by atoms with E-state index >= 15 is 0 Å². The Morgan fingerprint density at radius 1 is 1.15 bits per heavy atom. The monoisotopic (exact) mass is 513 g/mol. The normalized spacial score (nSPS) is 16.7. The van der Waals surface area contributed by atoms with Crippen LogP contribution in [0.4, 0.5) is 0 Å². The predicted octanol–water partition coefficient (Wildman–Crippen LogP) is 3.30. The number of hydrogen-bond donors (Lipinski definition) is 2. The molecule has 0 bridgehead atoms. The molecule has 0 atom stereocenters. The van der Waals surface area contributed by atoms with Crippen LogP contribution < -0.4 is 10.6 Å². The summed E-state index contributed by atoms with van der Waals surface area (Å²) in [5, 5.41) is 8.00. The van der Waals surface area contributed by atoms with Crippen LogP contribution in [0.25, 0.3) is 0 Å². The largest absolute Gasteiger partial charge is 0.357 e. The Labute approximate surface area is 184 Å². The Morgan fingerprint density at radius 3 is 2.69 bits per heavy atom. The summed E-state index contributed by atoms with van der Waals surface area (Å²) in [6.07, 6.45) is 1.24. The molecule has 0 spiro atoms. The standard InChI is InChI=1S/C18H29Cl2N5.HI/c1-3-21-18(23-14-15-5-6-16(19)13-17(15)20)22-7-10-25-9-4-8-24(2)11-12-25;/h5-6,13H,3-4,7-12,14H2,1-2H3,(H2,21,22,23);1H. The Balaban J connectivity index is 0.00000338. The molecular formula is C18H30Cl2IN5. The Hall–Kier alpha value is -0.280. The lowest BCUT2D eigenvalue weighted by atomic mass is 10.2. The molecule has 1 aromatic rings. The molecular weight excluding hydrogens is 484 g/mol. The highest BCUT2D eigenvalue weighted by atomic mass is 127. The van der Waals surface area contributed by atoms with Crippen molar-refractivity contribution in [3.8, 4) is 0 Å². The summed E-state index contributed by atoms with van der Waals surface area (Å²) in [6.45, 7) is 9.96. The number of nitrogens with zero attached hydrogens (tertiary/aromatic N) is 3. The molecule has 0 saturated carbocycles. The summed E-state index contributed by atoms with van der Waals surface area (Å²) >= 11 is 12.2. The van der Waals surface area contributed by atoms with Crippen LogP contribution in [0.5, 0.6) is 0 Å². The summed E-state index contributed by atoms with van der Waals surface area (Å²) in [5.74, 6) is 0.820. The van der Waals surface area contributed by atoms with Gasteiger partial charge in [-0.1, -0.05) is 29.3 Å². The molecule has 5 nitrogen and oxygen atoms in total. The molecule has 0 aromatic heterocycles. The lowest BCUT2D eigenvalue weighted by molar-refractivity contribution is 0.280. The van der Waals surface area contributed by atoms with Gasteiger partial charge in [0.1, 0.15) is 0 Å². The minimum Gasteiger partial charge on any atom is -0.357 e. The van der Waals surface area contributed by atoms with Gasteiger partial charge in [0, 0.05) is 42.8 Å². The van der Waals surface area contributed by atoms with Crippen LogP contribution in [0.15, 0.2) is 23.2 Å². The quantitative estimate of drug-likeness (QED) is 0.348. The minimum atomic E-state index is 0. The van der Waals surface area contributed by atoms with Gasteiger partial charge >= 0.3 is 0 Å².